The van der Waals surface area contributed by atoms with Crippen molar-refractivity contribution in [2.45, 2.75) is 6.92 Å². The summed E-state index contributed by atoms with van der Waals surface area (Å²) < 4.78 is 5.05. The largest absolute Gasteiger partial charge is 0.495 e. The Morgan fingerprint density at radius 3 is 3.06 bits per heavy atom. The first kappa shape index (κ1) is 10.6. The topological polar surface area (TPSA) is 79.9 Å². The Balaban J connectivity index is 2.14. The summed E-state index contributed by atoms with van der Waals surface area (Å²) >= 11 is 1.31. The van der Waals surface area contributed by atoms with E-state index < -0.39 is 0 Å². The molecule has 0 aliphatic rings. The molecule has 7 heteroatoms. The Bertz CT molecular complexity index is 505. The number of amides is 1. The SMILES string of the molecule is COc1ccsc1C(=O)Nc1n[nH]c(C)n1. The van der Waals surface area contributed by atoms with E-state index in [1.165, 1.54) is 18.4 Å². The van der Waals surface area contributed by atoms with E-state index >= 15 is 0 Å². The fraction of sp³-hybridized carbons (Fsp3) is 0.222. The van der Waals surface area contributed by atoms with E-state index in [-0.39, 0.29) is 11.9 Å². The molecule has 2 N–H and O–H groups in total. The smallest absolute Gasteiger partial charge is 0.271 e. The number of H-pyrrole nitrogens is 1. The van der Waals surface area contributed by atoms with Crippen LogP contribution in [0.15, 0.2) is 11.4 Å². The molecular formula is C9H10N4O2S. The molecular weight excluding hydrogens is 228 g/mol. The summed E-state index contributed by atoms with van der Waals surface area (Å²) in [7, 11) is 1.52. The zero-order chi connectivity index (χ0) is 11.5. The van der Waals surface area contributed by atoms with Gasteiger partial charge in [0.05, 0.1) is 7.11 Å². The molecule has 0 aliphatic heterocycles. The van der Waals surface area contributed by atoms with E-state index in [4.69, 9.17) is 4.74 Å². The van der Waals surface area contributed by atoms with Crippen LogP contribution in [0.25, 0.3) is 0 Å². The molecule has 84 valence electrons. The second kappa shape index (κ2) is 4.31. The lowest BCUT2D eigenvalue weighted by atomic mass is 10.4. The number of aryl methyl sites for hydroxylation is 1. The van der Waals surface area contributed by atoms with Crippen molar-refractivity contribution in [3.8, 4) is 5.75 Å². The monoisotopic (exact) mass is 238 g/mol. The van der Waals surface area contributed by atoms with Gasteiger partial charge < -0.3 is 4.74 Å². The van der Waals surface area contributed by atoms with Crippen molar-refractivity contribution in [2.75, 3.05) is 12.4 Å². The van der Waals surface area contributed by atoms with Crippen LogP contribution in [0.1, 0.15) is 15.5 Å². The highest BCUT2D eigenvalue weighted by atomic mass is 32.1. The lowest BCUT2D eigenvalue weighted by Gasteiger charge is -2.01. The molecule has 2 rings (SSSR count). The Kier molecular flexibility index (Phi) is 2.86. The third-order valence-corrected chi connectivity index (χ3v) is 2.77. The van der Waals surface area contributed by atoms with Gasteiger partial charge >= 0.3 is 0 Å². The van der Waals surface area contributed by atoms with Gasteiger partial charge in [-0.25, -0.2) is 0 Å². The number of methoxy groups -OCH3 is 1. The summed E-state index contributed by atoms with van der Waals surface area (Å²) in [5, 5.41) is 10.8. The zero-order valence-electron chi connectivity index (χ0n) is 8.77. The van der Waals surface area contributed by atoms with E-state index in [0.29, 0.717) is 16.5 Å². The van der Waals surface area contributed by atoms with Crippen molar-refractivity contribution < 1.29 is 9.53 Å². The highest BCUT2D eigenvalue weighted by Gasteiger charge is 2.15. The predicted octanol–water partition coefficient (Wildman–Crippen LogP) is 1.44. The van der Waals surface area contributed by atoms with Crippen LogP contribution in [0.4, 0.5) is 5.95 Å². The second-order valence-corrected chi connectivity index (χ2v) is 3.93. The fourth-order valence-corrected chi connectivity index (χ4v) is 1.93. The molecule has 6 nitrogen and oxygen atoms in total. The van der Waals surface area contributed by atoms with Gasteiger partial charge in [0, 0.05) is 0 Å². The number of carbonyl (C=O) groups is 1. The minimum atomic E-state index is -0.272. The van der Waals surface area contributed by atoms with Crippen molar-refractivity contribution in [2.24, 2.45) is 0 Å². The first-order valence-corrected chi connectivity index (χ1v) is 5.40. The van der Waals surface area contributed by atoms with Crippen molar-refractivity contribution in [3.63, 3.8) is 0 Å². The Hall–Kier alpha value is -1.89. The molecule has 2 aromatic heterocycles. The van der Waals surface area contributed by atoms with Crippen LogP contribution in [-0.4, -0.2) is 28.2 Å². The lowest BCUT2D eigenvalue weighted by molar-refractivity contribution is 0.102. The van der Waals surface area contributed by atoms with Crippen LogP contribution in [0.3, 0.4) is 0 Å². The van der Waals surface area contributed by atoms with Crippen molar-refractivity contribution in [1.29, 1.82) is 0 Å². The molecule has 0 bridgehead atoms. The number of aromatic nitrogens is 3. The molecule has 0 spiro atoms. The number of rotatable bonds is 3. The first-order valence-electron chi connectivity index (χ1n) is 4.52. The van der Waals surface area contributed by atoms with Gasteiger partial charge in [0.2, 0.25) is 5.95 Å². The maximum absolute atomic E-state index is 11.8. The van der Waals surface area contributed by atoms with E-state index in [1.807, 2.05) is 0 Å². The number of ether oxygens (including phenoxy) is 1. The average Bonchev–Trinajstić information content (AvgIpc) is 2.86. The van der Waals surface area contributed by atoms with Gasteiger partial charge in [-0.05, 0) is 18.4 Å². The molecule has 2 aromatic rings. The predicted molar refractivity (Wildman–Crippen MR) is 59.9 cm³/mol. The summed E-state index contributed by atoms with van der Waals surface area (Å²) in [5.74, 6) is 1.19. The van der Waals surface area contributed by atoms with E-state index in [2.05, 4.69) is 20.5 Å². The van der Waals surface area contributed by atoms with E-state index in [0.717, 1.165) is 0 Å². The van der Waals surface area contributed by atoms with Gasteiger partial charge in [0.25, 0.3) is 5.91 Å². The lowest BCUT2D eigenvalue weighted by Crippen LogP contribution is -2.12. The average molecular weight is 238 g/mol. The molecule has 0 radical (unpaired) electrons. The van der Waals surface area contributed by atoms with Gasteiger partial charge in [0.15, 0.2) is 0 Å². The number of nitrogens with one attached hydrogen (secondary N) is 2. The minimum Gasteiger partial charge on any atom is -0.495 e. The quantitative estimate of drug-likeness (QED) is 0.847. The fourth-order valence-electron chi connectivity index (χ4n) is 1.18. The minimum absolute atomic E-state index is 0.262. The van der Waals surface area contributed by atoms with Gasteiger partial charge in [0.1, 0.15) is 16.5 Å². The number of hydrogen-bond donors (Lipinski definition) is 2. The maximum Gasteiger partial charge on any atom is 0.271 e. The molecule has 1 amide bonds. The summed E-state index contributed by atoms with van der Waals surface area (Å²) in [4.78, 5) is 16.3. The summed E-state index contributed by atoms with van der Waals surface area (Å²) in [6, 6.07) is 1.74. The van der Waals surface area contributed by atoms with Crippen LogP contribution < -0.4 is 10.1 Å². The molecule has 0 aromatic carbocycles. The second-order valence-electron chi connectivity index (χ2n) is 3.02. The Morgan fingerprint density at radius 1 is 1.62 bits per heavy atom. The van der Waals surface area contributed by atoms with Gasteiger partial charge in [-0.15, -0.1) is 16.4 Å². The molecule has 0 saturated heterocycles. The van der Waals surface area contributed by atoms with E-state index in [9.17, 15) is 4.79 Å². The molecule has 0 atom stereocenters. The zero-order valence-corrected chi connectivity index (χ0v) is 9.59. The highest BCUT2D eigenvalue weighted by Crippen LogP contribution is 2.24. The van der Waals surface area contributed by atoms with Gasteiger partial charge in [-0.2, -0.15) is 4.98 Å². The molecule has 0 unspecified atom stereocenters. The third-order valence-electron chi connectivity index (χ3n) is 1.88. The third kappa shape index (κ3) is 2.03. The summed E-state index contributed by atoms with van der Waals surface area (Å²) in [5.41, 5.74) is 0. The highest BCUT2D eigenvalue weighted by molar-refractivity contribution is 7.12. The Morgan fingerprint density at radius 2 is 2.44 bits per heavy atom. The number of carbonyl (C=O) groups excluding carboxylic acids is 1. The van der Waals surface area contributed by atoms with Crippen LogP contribution >= 0.6 is 11.3 Å². The Labute approximate surface area is 95.7 Å². The molecule has 0 fully saturated rings. The number of nitrogens with zero attached hydrogens (tertiary/aromatic N) is 2. The number of hydrogen-bond acceptors (Lipinski definition) is 5. The van der Waals surface area contributed by atoms with Gasteiger partial charge in [-0.3, -0.25) is 15.2 Å². The summed E-state index contributed by atoms with van der Waals surface area (Å²) in [6.07, 6.45) is 0. The molecule has 0 aliphatic carbocycles. The van der Waals surface area contributed by atoms with Crippen LogP contribution in [0.5, 0.6) is 5.75 Å². The number of aromatic amines is 1. The number of anilines is 1. The van der Waals surface area contributed by atoms with Crippen LogP contribution in [0.2, 0.25) is 0 Å². The molecule has 16 heavy (non-hydrogen) atoms. The van der Waals surface area contributed by atoms with E-state index in [1.54, 1.807) is 18.4 Å². The van der Waals surface area contributed by atoms with Gasteiger partial charge in [-0.1, -0.05) is 0 Å². The normalized spacial score (nSPS) is 10.1. The number of thiophene rings is 1. The maximum atomic E-state index is 11.8. The van der Waals surface area contributed by atoms with Crippen LogP contribution in [0, 0.1) is 6.92 Å². The van der Waals surface area contributed by atoms with Crippen LogP contribution in [-0.2, 0) is 0 Å². The standard InChI is InChI=1S/C9H10N4O2S/c1-5-10-9(13-12-5)11-8(14)7-6(15-2)3-4-16-7/h3-4H,1-2H3,(H2,10,11,12,13,14). The van der Waals surface area contributed by atoms with Crippen molar-refractivity contribution >= 4 is 23.2 Å². The molecule has 0 saturated carbocycles. The summed E-state index contributed by atoms with van der Waals surface area (Å²) in [6.45, 7) is 1.76. The molecule has 2 heterocycles. The van der Waals surface area contributed by atoms with Crippen molar-refractivity contribution in [3.05, 3.63) is 22.1 Å². The van der Waals surface area contributed by atoms with Crippen molar-refractivity contribution in [1.82, 2.24) is 15.2 Å². The first-order chi connectivity index (χ1) is 7.70.